The molecule has 2 aromatic carbocycles. The molecular formula is C18H16F5NOS. The van der Waals surface area contributed by atoms with Gasteiger partial charge in [-0.1, -0.05) is 6.07 Å². The molecule has 0 aliphatic carbocycles. The van der Waals surface area contributed by atoms with Gasteiger partial charge in [0.1, 0.15) is 11.6 Å². The number of Topliss-reactive ketones (excluding diaryl/α,β-unsaturated/α-hetero) is 1. The van der Waals surface area contributed by atoms with Gasteiger partial charge in [-0.15, -0.1) is 11.8 Å². The van der Waals surface area contributed by atoms with Crippen molar-refractivity contribution in [3.05, 3.63) is 58.7 Å². The van der Waals surface area contributed by atoms with Gasteiger partial charge in [0.05, 0.1) is 11.4 Å². The van der Waals surface area contributed by atoms with Crippen molar-refractivity contribution in [2.75, 3.05) is 11.1 Å². The van der Waals surface area contributed by atoms with Gasteiger partial charge in [-0.25, -0.2) is 8.78 Å². The quantitative estimate of drug-likeness (QED) is 0.388. The predicted molar refractivity (Wildman–Crippen MR) is 91.6 cm³/mol. The fourth-order valence-electron chi connectivity index (χ4n) is 2.32. The zero-order valence-corrected chi connectivity index (χ0v) is 14.8. The summed E-state index contributed by atoms with van der Waals surface area (Å²) in [5.41, 5.74) is 1.03. The second-order valence-electron chi connectivity index (χ2n) is 5.71. The highest BCUT2D eigenvalue weighted by molar-refractivity contribution is 7.99. The van der Waals surface area contributed by atoms with Crippen LogP contribution in [-0.2, 0) is 6.54 Å². The molecule has 0 saturated carbocycles. The van der Waals surface area contributed by atoms with Crippen molar-refractivity contribution in [2.45, 2.75) is 31.5 Å². The fourth-order valence-corrected chi connectivity index (χ4v) is 3.13. The van der Waals surface area contributed by atoms with Crippen LogP contribution in [0.4, 0.5) is 27.6 Å². The van der Waals surface area contributed by atoms with Crippen LogP contribution < -0.4 is 5.32 Å². The van der Waals surface area contributed by atoms with Gasteiger partial charge in [0.15, 0.2) is 5.78 Å². The zero-order valence-electron chi connectivity index (χ0n) is 14.0. The summed E-state index contributed by atoms with van der Waals surface area (Å²) >= 11 is 0.573. The number of hydrogen-bond acceptors (Lipinski definition) is 3. The van der Waals surface area contributed by atoms with E-state index in [9.17, 15) is 26.7 Å². The summed E-state index contributed by atoms with van der Waals surface area (Å²) in [6, 6.07) is 6.13. The number of alkyl halides is 3. The third-order valence-electron chi connectivity index (χ3n) is 3.58. The van der Waals surface area contributed by atoms with Gasteiger partial charge in [0.25, 0.3) is 0 Å². The van der Waals surface area contributed by atoms with Crippen LogP contribution in [0.3, 0.4) is 0 Å². The summed E-state index contributed by atoms with van der Waals surface area (Å²) in [5, 5.41) is 2.76. The lowest BCUT2D eigenvalue weighted by Crippen LogP contribution is -2.11. The predicted octanol–water partition coefficient (Wildman–Crippen LogP) is 5.74. The molecule has 0 saturated heterocycles. The summed E-state index contributed by atoms with van der Waals surface area (Å²) in [6.07, 6.45) is -4.33. The highest BCUT2D eigenvalue weighted by atomic mass is 32.2. The lowest BCUT2D eigenvalue weighted by molar-refractivity contribution is -0.105. The first-order chi connectivity index (χ1) is 12.1. The maximum Gasteiger partial charge on any atom is 0.398 e. The highest BCUT2D eigenvalue weighted by Crippen LogP contribution is 2.32. The normalized spacial score (nSPS) is 11.5. The molecular weight excluding hydrogens is 373 g/mol. The molecule has 1 N–H and O–H groups in total. The molecule has 2 nitrogen and oxygen atoms in total. The van der Waals surface area contributed by atoms with E-state index in [1.54, 1.807) is 0 Å². The third kappa shape index (κ3) is 5.45. The van der Waals surface area contributed by atoms with E-state index in [-0.39, 0.29) is 23.6 Å². The van der Waals surface area contributed by atoms with Crippen LogP contribution in [0.2, 0.25) is 0 Å². The lowest BCUT2D eigenvalue weighted by atomic mass is 10.0. The summed E-state index contributed by atoms with van der Waals surface area (Å²) < 4.78 is 64.6. The van der Waals surface area contributed by atoms with E-state index in [1.807, 2.05) is 0 Å². The van der Waals surface area contributed by atoms with Crippen molar-refractivity contribution >= 4 is 23.2 Å². The minimum Gasteiger partial charge on any atom is -0.379 e. The Morgan fingerprint density at radius 2 is 1.85 bits per heavy atom. The Bertz CT molecular complexity index is 820. The van der Waals surface area contributed by atoms with Gasteiger partial charge < -0.3 is 5.32 Å². The maximum absolute atomic E-state index is 14.1. The standard InChI is InChI=1S/C18H16F5NOS/c1-10-5-15(20)16(7-17(10)26-9-18(21,22)23)24-8-12-3-4-13(19)6-14(12)11(2)25/h3-7,24H,8-9H2,1-2H3. The average molecular weight is 389 g/mol. The molecule has 8 heteroatoms. The molecule has 0 aliphatic heterocycles. The molecule has 2 aromatic rings. The molecule has 0 spiro atoms. The summed E-state index contributed by atoms with van der Waals surface area (Å²) in [4.78, 5) is 11.9. The SMILES string of the molecule is CC(=O)c1cc(F)ccc1CNc1cc(SCC(F)(F)F)c(C)cc1F. The minimum atomic E-state index is -4.33. The Kier molecular flexibility index (Phi) is 6.28. The first-order valence-corrected chi connectivity index (χ1v) is 8.58. The number of halogens is 5. The molecule has 140 valence electrons. The van der Waals surface area contributed by atoms with Crippen LogP contribution in [0.5, 0.6) is 0 Å². The topological polar surface area (TPSA) is 29.1 Å². The minimum absolute atomic E-state index is 0.0131. The van der Waals surface area contributed by atoms with Gasteiger partial charge in [-0.3, -0.25) is 4.79 Å². The van der Waals surface area contributed by atoms with Crippen LogP contribution >= 0.6 is 11.8 Å². The first kappa shape index (κ1) is 20.2. The summed E-state index contributed by atoms with van der Waals surface area (Å²) in [5.74, 6) is -2.60. The first-order valence-electron chi connectivity index (χ1n) is 7.60. The Labute approximate surface area is 151 Å². The van der Waals surface area contributed by atoms with Gasteiger partial charge >= 0.3 is 6.18 Å². The second kappa shape index (κ2) is 8.07. The smallest absolute Gasteiger partial charge is 0.379 e. The number of ketones is 1. The van der Waals surface area contributed by atoms with Crippen LogP contribution in [0.15, 0.2) is 35.2 Å². The Morgan fingerprint density at radius 1 is 1.15 bits per heavy atom. The lowest BCUT2D eigenvalue weighted by Gasteiger charge is -2.14. The fraction of sp³-hybridized carbons (Fsp3) is 0.278. The van der Waals surface area contributed by atoms with Crippen molar-refractivity contribution in [3.8, 4) is 0 Å². The van der Waals surface area contributed by atoms with Crippen molar-refractivity contribution in [1.29, 1.82) is 0 Å². The number of aryl methyl sites for hydroxylation is 1. The van der Waals surface area contributed by atoms with Gasteiger partial charge in [-0.05, 0) is 49.2 Å². The van der Waals surface area contributed by atoms with Crippen LogP contribution in [0.25, 0.3) is 0 Å². The largest absolute Gasteiger partial charge is 0.398 e. The number of rotatable bonds is 6. The number of hydrogen-bond donors (Lipinski definition) is 1. The van der Waals surface area contributed by atoms with E-state index >= 15 is 0 Å². The van der Waals surface area contributed by atoms with E-state index in [0.29, 0.717) is 27.8 Å². The number of carbonyl (C=O) groups excluding carboxylic acids is 1. The van der Waals surface area contributed by atoms with Gasteiger partial charge in [0, 0.05) is 17.0 Å². The molecule has 0 heterocycles. The summed E-state index contributed by atoms with van der Waals surface area (Å²) in [6.45, 7) is 2.84. The molecule has 0 radical (unpaired) electrons. The van der Waals surface area contributed by atoms with Gasteiger partial charge in [0.2, 0.25) is 0 Å². The van der Waals surface area contributed by atoms with Gasteiger partial charge in [-0.2, -0.15) is 13.2 Å². The molecule has 0 aromatic heterocycles. The molecule has 2 rings (SSSR count). The maximum atomic E-state index is 14.1. The van der Waals surface area contributed by atoms with Crippen LogP contribution in [-0.4, -0.2) is 17.7 Å². The van der Waals surface area contributed by atoms with E-state index in [1.165, 1.54) is 32.0 Å². The number of benzene rings is 2. The van der Waals surface area contributed by atoms with Crippen molar-refractivity contribution < 1.29 is 26.7 Å². The highest BCUT2D eigenvalue weighted by Gasteiger charge is 2.27. The molecule has 26 heavy (non-hydrogen) atoms. The molecule has 0 fully saturated rings. The number of carbonyl (C=O) groups is 1. The molecule has 0 atom stereocenters. The van der Waals surface area contributed by atoms with Crippen molar-refractivity contribution in [2.24, 2.45) is 0 Å². The Balaban J connectivity index is 2.21. The summed E-state index contributed by atoms with van der Waals surface area (Å²) in [7, 11) is 0. The molecule has 0 amide bonds. The van der Waals surface area contributed by atoms with E-state index in [2.05, 4.69) is 5.32 Å². The average Bonchev–Trinajstić information content (AvgIpc) is 2.53. The molecule has 0 bridgehead atoms. The van der Waals surface area contributed by atoms with Crippen LogP contribution in [0, 0.1) is 18.6 Å². The monoisotopic (exact) mass is 389 g/mol. The van der Waals surface area contributed by atoms with E-state index < -0.39 is 23.6 Å². The van der Waals surface area contributed by atoms with Crippen molar-refractivity contribution in [3.63, 3.8) is 0 Å². The van der Waals surface area contributed by atoms with E-state index in [0.717, 1.165) is 12.1 Å². The van der Waals surface area contributed by atoms with E-state index in [4.69, 9.17) is 0 Å². The Morgan fingerprint density at radius 3 is 2.46 bits per heavy atom. The zero-order chi connectivity index (χ0) is 19.5. The number of thioether (sulfide) groups is 1. The second-order valence-corrected chi connectivity index (χ2v) is 6.73. The number of anilines is 1. The van der Waals surface area contributed by atoms with Crippen LogP contribution in [0.1, 0.15) is 28.4 Å². The molecule has 0 aliphatic rings. The Hall–Kier alpha value is -2.09. The number of nitrogens with one attached hydrogen (secondary N) is 1. The molecule has 0 unspecified atom stereocenters. The van der Waals surface area contributed by atoms with Crippen molar-refractivity contribution in [1.82, 2.24) is 0 Å². The third-order valence-corrected chi connectivity index (χ3v) is 4.80.